The lowest BCUT2D eigenvalue weighted by Crippen LogP contribution is -2.38. The quantitative estimate of drug-likeness (QED) is 0.182. The van der Waals surface area contributed by atoms with Gasteiger partial charge in [0.2, 0.25) is 0 Å². The van der Waals surface area contributed by atoms with E-state index < -0.39 is 0 Å². The van der Waals surface area contributed by atoms with E-state index in [4.69, 9.17) is 4.74 Å². The number of allylic oxidation sites excluding steroid dienone is 2. The Bertz CT molecular complexity index is 2720. The van der Waals surface area contributed by atoms with Crippen LogP contribution in [-0.2, 0) is 4.74 Å². The van der Waals surface area contributed by atoms with Crippen molar-refractivity contribution >= 4 is 38.0 Å². The van der Waals surface area contributed by atoms with Crippen molar-refractivity contribution in [2.24, 2.45) is 0 Å². The summed E-state index contributed by atoms with van der Waals surface area (Å²) in [7, 11) is 0. The monoisotopic (exact) mass is 680 g/mol. The third-order valence-corrected chi connectivity index (χ3v) is 11.6. The van der Waals surface area contributed by atoms with Gasteiger partial charge in [0.05, 0.1) is 12.1 Å². The summed E-state index contributed by atoms with van der Waals surface area (Å²) in [4.78, 5) is 0. The van der Waals surface area contributed by atoms with E-state index in [9.17, 15) is 0 Å². The maximum absolute atomic E-state index is 6.53. The van der Waals surface area contributed by atoms with Gasteiger partial charge in [-0.2, -0.15) is 0 Å². The Kier molecular flexibility index (Phi) is 6.89. The minimum Gasteiger partial charge on any atom is -0.474 e. The first-order valence-corrected chi connectivity index (χ1v) is 18.6. The summed E-state index contributed by atoms with van der Waals surface area (Å²) in [6.45, 7) is 0. The molecule has 0 spiro atoms. The first-order chi connectivity index (χ1) is 26.3. The molecule has 4 unspecified atom stereocenters. The number of hydrogen-bond acceptors (Lipinski definition) is 3. The van der Waals surface area contributed by atoms with Gasteiger partial charge < -0.3 is 10.1 Å². The predicted octanol–water partition coefficient (Wildman–Crippen LogP) is 12.2. The van der Waals surface area contributed by atoms with Crippen molar-refractivity contribution < 1.29 is 4.74 Å². The summed E-state index contributed by atoms with van der Waals surface area (Å²) < 4.78 is 6.53. The summed E-state index contributed by atoms with van der Waals surface area (Å²) in [6.07, 6.45) is 4.30. The van der Waals surface area contributed by atoms with Crippen LogP contribution in [0.2, 0.25) is 0 Å². The normalized spacial score (nSPS) is 20.2. The van der Waals surface area contributed by atoms with Gasteiger partial charge in [0.25, 0.3) is 0 Å². The molecule has 3 nitrogen and oxygen atoms in total. The Balaban J connectivity index is 1.00. The molecule has 252 valence electrons. The van der Waals surface area contributed by atoms with Gasteiger partial charge in [-0.05, 0) is 89.5 Å². The van der Waals surface area contributed by atoms with Crippen LogP contribution in [0.5, 0.6) is 0 Å². The molecule has 2 heterocycles. The van der Waals surface area contributed by atoms with E-state index in [1.165, 1.54) is 77.0 Å². The van der Waals surface area contributed by atoms with Crippen LogP contribution >= 0.6 is 0 Å². The minimum absolute atomic E-state index is 0.0306. The van der Waals surface area contributed by atoms with Crippen molar-refractivity contribution in [3.63, 3.8) is 0 Å². The SMILES string of the molecule is C1=C2OC(c3ccccc3)NC2C2C(=C1)C(c1ccc(-c3c4ccccc4c(-c4ccc5ccccc5c4)c4ccccc34)cc1)Nc1ccccc12. The molecule has 4 atom stereocenters. The summed E-state index contributed by atoms with van der Waals surface area (Å²) in [5.74, 6) is 1.16. The molecule has 0 saturated carbocycles. The highest BCUT2D eigenvalue weighted by Gasteiger charge is 2.45. The van der Waals surface area contributed by atoms with Gasteiger partial charge >= 0.3 is 0 Å². The highest BCUT2D eigenvalue weighted by Crippen LogP contribution is 2.52. The molecule has 0 aromatic heterocycles. The minimum atomic E-state index is -0.169. The summed E-state index contributed by atoms with van der Waals surface area (Å²) in [5.41, 5.74) is 11.2. The molecule has 1 aliphatic carbocycles. The highest BCUT2D eigenvalue weighted by atomic mass is 16.5. The van der Waals surface area contributed by atoms with E-state index in [1.807, 2.05) is 0 Å². The topological polar surface area (TPSA) is 33.3 Å². The Hall–Kier alpha value is -6.42. The fourth-order valence-corrected chi connectivity index (χ4v) is 9.15. The molecular weight excluding hydrogens is 645 g/mol. The lowest BCUT2D eigenvalue weighted by Gasteiger charge is -2.40. The number of anilines is 1. The number of ether oxygens (including phenoxy) is 1. The second kappa shape index (κ2) is 12.1. The van der Waals surface area contributed by atoms with Gasteiger partial charge in [-0.25, -0.2) is 0 Å². The van der Waals surface area contributed by atoms with Crippen LogP contribution in [0.4, 0.5) is 5.69 Å². The van der Waals surface area contributed by atoms with Crippen LogP contribution in [0.25, 0.3) is 54.6 Å². The molecule has 11 rings (SSSR count). The molecule has 0 radical (unpaired) electrons. The second-order valence-electron chi connectivity index (χ2n) is 14.5. The summed E-state index contributed by atoms with van der Waals surface area (Å²) in [6, 6.07) is 61.9. The fraction of sp³-hybridized carbons (Fsp3) is 0.0800. The maximum Gasteiger partial charge on any atom is 0.176 e. The van der Waals surface area contributed by atoms with Crippen molar-refractivity contribution in [3.05, 3.63) is 210 Å². The molecule has 2 aliphatic heterocycles. The molecule has 8 aromatic rings. The average molecular weight is 681 g/mol. The smallest absolute Gasteiger partial charge is 0.176 e. The standard InChI is InChI=1S/C50H36N2O/c1-2-13-34(14-3-1)50-52-49-44(53-50)29-28-42-47(49)41-20-10-11-21-43(41)51-48(42)33-25-23-32(24-26-33)45-37-16-6-8-18-39(37)46(40-19-9-7-17-38(40)45)36-27-22-31-12-4-5-15-35(31)30-36/h1-30,47-52H. The number of rotatable bonds is 4. The highest BCUT2D eigenvalue weighted by molar-refractivity contribution is 6.21. The van der Waals surface area contributed by atoms with Gasteiger partial charge in [0, 0.05) is 17.2 Å². The average Bonchev–Trinajstić information content (AvgIpc) is 3.68. The van der Waals surface area contributed by atoms with E-state index in [-0.39, 0.29) is 24.2 Å². The number of nitrogens with one attached hydrogen (secondary N) is 2. The Labute approximate surface area is 308 Å². The van der Waals surface area contributed by atoms with Crippen LogP contribution in [0.15, 0.2) is 193 Å². The lowest BCUT2D eigenvalue weighted by atomic mass is 9.73. The van der Waals surface area contributed by atoms with Crippen LogP contribution in [0.3, 0.4) is 0 Å². The lowest BCUT2D eigenvalue weighted by molar-refractivity contribution is 0.148. The number of hydrogen-bond donors (Lipinski definition) is 2. The zero-order valence-corrected chi connectivity index (χ0v) is 29.0. The molecule has 2 N–H and O–H groups in total. The first-order valence-electron chi connectivity index (χ1n) is 18.6. The van der Waals surface area contributed by atoms with E-state index in [0.717, 1.165) is 11.3 Å². The van der Waals surface area contributed by atoms with Crippen LogP contribution in [0.1, 0.15) is 34.9 Å². The number of benzene rings is 8. The van der Waals surface area contributed by atoms with Gasteiger partial charge in [-0.1, -0.05) is 164 Å². The van der Waals surface area contributed by atoms with E-state index in [2.05, 4.69) is 193 Å². The third kappa shape index (κ3) is 4.85. The van der Waals surface area contributed by atoms with Gasteiger partial charge in [-0.15, -0.1) is 0 Å². The molecule has 1 fully saturated rings. The molecule has 0 bridgehead atoms. The van der Waals surface area contributed by atoms with Crippen LogP contribution in [-0.4, -0.2) is 6.04 Å². The third-order valence-electron chi connectivity index (χ3n) is 11.6. The first kappa shape index (κ1) is 30.2. The molecule has 8 aromatic carbocycles. The Morgan fingerprint density at radius 3 is 1.81 bits per heavy atom. The van der Waals surface area contributed by atoms with Gasteiger partial charge in [0.15, 0.2) is 6.23 Å². The summed E-state index contributed by atoms with van der Waals surface area (Å²) >= 11 is 0. The predicted molar refractivity (Wildman–Crippen MR) is 219 cm³/mol. The molecular formula is C50H36N2O. The van der Waals surface area contributed by atoms with E-state index >= 15 is 0 Å². The fourth-order valence-electron chi connectivity index (χ4n) is 9.15. The second-order valence-corrected chi connectivity index (χ2v) is 14.5. The van der Waals surface area contributed by atoms with Gasteiger partial charge in [0.1, 0.15) is 5.76 Å². The van der Waals surface area contributed by atoms with Crippen molar-refractivity contribution in [1.29, 1.82) is 0 Å². The molecule has 3 aliphatic rings. The van der Waals surface area contributed by atoms with Crippen LogP contribution in [0, 0.1) is 0 Å². The molecule has 53 heavy (non-hydrogen) atoms. The molecule has 3 heteroatoms. The molecule has 0 amide bonds. The Morgan fingerprint density at radius 1 is 0.472 bits per heavy atom. The molecule has 1 saturated heterocycles. The zero-order valence-electron chi connectivity index (χ0n) is 29.0. The number of fused-ring (bicyclic) bond motifs is 8. The number of para-hydroxylation sites is 1. The zero-order chi connectivity index (χ0) is 34.9. The Morgan fingerprint density at radius 2 is 1.08 bits per heavy atom. The van der Waals surface area contributed by atoms with Crippen molar-refractivity contribution in [3.8, 4) is 22.3 Å². The van der Waals surface area contributed by atoms with Crippen molar-refractivity contribution in [2.75, 3.05) is 5.32 Å². The summed E-state index contributed by atoms with van der Waals surface area (Å²) in [5, 5.41) is 15.4. The van der Waals surface area contributed by atoms with E-state index in [1.54, 1.807) is 0 Å². The largest absolute Gasteiger partial charge is 0.474 e. The van der Waals surface area contributed by atoms with Crippen LogP contribution < -0.4 is 10.6 Å². The van der Waals surface area contributed by atoms with E-state index in [0.29, 0.717) is 0 Å². The van der Waals surface area contributed by atoms with Crippen molar-refractivity contribution in [2.45, 2.75) is 24.2 Å². The maximum atomic E-state index is 6.53. The van der Waals surface area contributed by atoms with Gasteiger partial charge in [-0.3, -0.25) is 5.32 Å². The van der Waals surface area contributed by atoms with Crippen molar-refractivity contribution in [1.82, 2.24) is 5.32 Å².